The van der Waals surface area contributed by atoms with Crippen LogP contribution in [0.3, 0.4) is 0 Å². The molecular formula is C14H24N4O2S. The second kappa shape index (κ2) is 7.20. The summed E-state index contributed by atoms with van der Waals surface area (Å²) in [6.45, 7) is 4.40. The van der Waals surface area contributed by atoms with Gasteiger partial charge in [0.2, 0.25) is 10.0 Å². The van der Waals surface area contributed by atoms with E-state index in [1.54, 1.807) is 12.1 Å². The number of hydrogen-bond donors (Lipinski definition) is 1. The van der Waals surface area contributed by atoms with Gasteiger partial charge in [-0.1, -0.05) is 0 Å². The summed E-state index contributed by atoms with van der Waals surface area (Å²) >= 11 is 0. The molecule has 0 atom stereocenters. The van der Waals surface area contributed by atoms with Crippen molar-refractivity contribution in [2.24, 2.45) is 0 Å². The Bertz CT molecular complexity index is 537. The summed E-state index contributed by atoms with van der Waals surface area (Å²) in [5, 5.41) is 3.23. The molecular weight excluding hydrogens is 288 g/mol. The van der Waals surface area contributed by atoms with E-state index in [1.807, 2.05) is 0 Å². The predicted octanol–water partition coefficient (Wildman–Crippen LogP) is 1.23. The number of likely N-dealkylation sites (tertiary alicyclic amines) is 1. The second-order valence-electron chi connectivity index (χ2n) is 5.50. The standard InChI is InChI=1S/C14H24N4O2S/c1-17(2)21(19,20)13-6-7-14(16-12-13)15-8-5-11-18-9-3-4-10-18/h6-7,12H,3-5,8-11H2,1-2H3,(H,15,16). The molecule has 1 N–H and O–H groups in total. The van der Waals surface area contributed by atoms with Crippen LogP contribution < -0.4 is 5.32 Å². The zero-order valence-corrected chi connectivity index (χ0v) is 13.6. The summed E-state index contributed by atoms with van der Waals surface area (Å²) < 4.78 is 25.0. The lowest BCUT2D eigenvalue weighted by molar-refractivity contribution is 0.337. The van der Waals surface area contributed by atoms with Crippen molar-refractivity contribution >= 4 is 15.8 Å². The van der Waals surface area contributed by atoms with Crippen LogP contribution in [0.5, 0.6) is 0 Å². The molecule has 0 amide bonds. The molecule has 0 aromatic carbocycles. The number of hydrogen-bond acceptors (Lipinski definition) is 5. The fourth-order valence-corrected chi connectivity index (χ4v) is 3.22. The van der Waals surface area contributed by atoms with Gasteiger partial charge in [-0.05, 0) is 51.0 Å². The largest absolute Gasteiger partial charge is 0.370 e. The first-order chi connectivity index (χ1) is 10.00. The highest BCUT2D eigenvalue weighted by Gasteiger charge is 2.17. The lowest BCUT2D eigenvalue weighted by Gasteiger charge is -2.14. The molecule has 2 heterocycles. The third-order valence-electron chi connectivity index (χ3n) is 3.67. The normalized spacial score (nSPS) is 16.5. The molecule has 0 unspecified atom stereocenters. The maximum Gasteiger partial charge on any atom is 0.244 e. The van der Waals surface area contributed by atoms with Gasteiger partial charge in [0.25, 0.3) is 0 Å². The molecule has 0 saturated carbocycles. The van der Waals surface area contributed by atoms with Crippen molar-refractivity contribution in [2.75, 3.05) is 45.6 Å². The molecule has 6 nitrogen and oxygen atoms in total. The van der Waals surface area contributed by atoms with Crippen molar-refractivity contribution in [2.45, 2.75) is 24.2 Å². The van der Waals surface area contributed by atoms with Crippen LogP contribution in [-0.2, 0) is 10.0 Å². The Morgan fingerprint density at radius 2 is 2.00 bits per heavy atom. The fourth-order valence-electron chi connectivity index (χ4n) is 2.37. The van der Waals surface area contributed by atoms with Crippen LogP contribution in [0, 0.1) is 0 Å². The minimum Gasteiger partial charge on any atom is -0.370 e. The third kappa shape index (κ3) is 4.39. The Hall–Kier alpha value is -1.18. The van der Waals surface area contributed by atoms with E-state index in [4.69, 9.17) is 0 Å². The lowest BCUT2D eigenvalue weighted by atomic mass is 10.4. The smallest absolute Gasteiger partial charge is 0.244 e. The van der Waals surface area contributed by atoms with E-state index in [2.05, 4.69) is 15.2 Å². The van der Waals surface area contributed by atoms with Crippen molar-refractivity contribution in [1.29, 1.82) is 0 Å². The van der Waals surface area contributed by atoms with Gasteiger partial charge >= 0.3 is 0 Å². The van der Waals surface area contributed by atoms with Gasteiger partial charge in [-0.25, -0.2) is 17.7 Å². The quantitative estimate of drug-likeness (QED) is 0.767. The molecule has 1 aliphatic heterocycles. The Kier molecular flexibility index (Phi) is 5.55. The van der Waals surface area contributed by atoms with Crippen LogP contribution in [-0.4, -0.2) is 62.9 Å². The average molecular weight is 312 g/mol. The molecule has 1 saturated heterocycles. The predicted molar refractivity (Wildman–Crippen MR) is 83.9 cm³/mol. The number of sulfonamides is 1. The van der Waals surface area contributed by atoms with Gasteiger partial charge in [0.1, 0.15) is 10.7 Å². The van der Waals surface area contributed by atoms with Crippen LogP contribution >= 0.6 is 0 Å². The highest BCUT2D eigenvalue weighted by Crippen LogP contribution is 2.14. The summed E-state index contributed by atoms with van der Waals surface area (Å²) in [4.78, 5) is 6.86. The first kappa shape index (κ1) is 16.2. The van der Waals surface area contributed by atoms with E-state index in [0.29, 0.717) is 5.82 Å². The van der Waals surface area contributed by atoms with Crippen molar-refractivity contribution < 1.29 is 8.42 Å². The summed E-state index contributed by atoms with van der Waals surface area (Å²) in [6, 6.07) is 3.30. The molecule has 0 bridgehead atoms. The zero-order valence-electron chi connectivity index (χ0n) is 12.7. The first-order valence-electron chi connectivity index (χ1n) is 7.35. The third-order valence-corrected chi connectivity index (χ3v) is 5.47. The maximum atomic E-state index is 11.9. The first-order valence-corrected chi connectivity index (χ1v) is 8.79. The van der Waals surface area contributed by atoms with Gasteiger partial charge in [0, 0.05) is 26.8 Å². The molecule has 2 rings (SSSR count). The van der Waals surface area contributed by atoms with Crippen LogP contribution in [0.1, 0.15) is 19.3 Å². The van der Waals surface area contributed by atoms with Crippen molar-refractivity contribution in [3.8, 4) is 0 Å². The van der Waals surface area contributed by atoms with Gasteiger partial charge in [-0.3, -0.25) is 0 Å². The molecule has 1 aromatic heterocycles. The number of nitrogens with zero attached hydrogens (tertiary/aromatic N) is 3. The summed E-state index contributed by atoms with van der Waals surface area (Å²) in [5.74, 6) is 0.717. The molecule has 0 radical (unpaired) electrons. The molecule has 0 aliphatic carbocycles. The SMILES string of the molecule is CN(C)S(=O)(=O)c1ccc(NCCCN2CCCC2)nc1. The summed E-state index contributed by atoms with van der Waals surface area (Å²) in [5.41, 5.74) is 0. The van der Waals surface area contributed by atoms with Crippen molar-refractivity contribution in [1.82, 2.24) is 14.2 Å². The number of aromatic nitrogens is 1. The molecule has 1 aromatic rings. The van der Waals surface area contributed by atoms with Gasteiger partial charge in [-0.15, -0.1) is 0 Å². The van der Waals surface area contributed by atoms with E-state index < -0.39 is 10.0 Å². The molecule has 1 aliphatic rings. The van der Waals surface area contributed by atoms with Gasteiger partial charge < -0.3 is 10.2 Å². The van der Waals surface area contributed by atoms with Gasteiger partial charge in [-0.2, -0.15) is 0 Å². The Balaban J connectivity index is 1.79. The van der Waals surface area contributed by atoms with E-state index in [9.17, 15) is 8.42 Å². The summed E-state index contributed by atoms with van der Waals surface area (Å²) in [6.07, 6.45) is 5.10. The molecule has 21 heavy (non-hydrogen) atoms. The monoisotopic (exact) mass is 312 g/mol. The molecule has 1 fully saturated rings. The minimum absolute atomic E-state index is 0.218. The van der Waals surface area contributed by atoms with E-state index in [1.165, 1.54) is 50.5 Å². The molecule has 118 valence electrons. The number of pyridine rings is 1. The number of rotatable bonds is 7. The number of nitrogens with one attached hydrogen (secondary N) is 1. The fraction of sp³-hybridized carbons (Fsp3) is 0.643. The Labute approximate surface area is 127 Å². The van der Waals surface area contributed by atoms with Crippen LogP contribution in [0.4, 0.5) is 5.82 Å². The molecule has 7 heteroatoms. The topological polar surface area (TPSA) is 65.5 Å². The highest BCUT2D eigenvalue weighted by molar-refractivity contribution is 7.89. The van der Waals surface area contributed by atoms with Crippen LogP contribution in [0.2, 0.25) is 0 Å². The summed E-state index contributed by atoms with van der Waals surface area (Å²) in [7, 11) is -0.366. The van der Waals surface area contributed by atoms with Gasteiger partial charge in [0.15, 0.2) is 0 Å². The van der Waals surface area contributed by atoms with Gasteiger partial charge in [0.05, 0.1) is 0 Å². The molecule has 0 spiro atoms. The van der Waals surface area contributed by atoms with E-state index >= 15 is 0 Å². The van der Waals surface area contributed by atoms with Crippen molar-refractivity contribution in [3.05, 3.63) is 18.3 Å². The van der Waals surface area contributed by atoms with E-state index in [0.717, 1.165) is 19.5 Å². The highest BCUT2D eigenvalue weighted by atomic mass is 32.2. The Morgan fingerprint density at radius 1 is 1.29 bits per heavy atom. The average Bonchev–Trinajstić information content (AvgIpc) is 2.97. The Morgan fingerprint density at radius 3 is 2.57 bits per heavy atom. The van der Waals surface area contributed by atoms with Crippen LogP contribution in [0.15, 0.2) is 23.2 Å². The van der Waals surface area contributed by atoms with Crippen LogP contribution in [0.25, 0.3) is 0 Å². The lowest BCUT2D eigenvalue weighted by Crippen LogP contribution is -2.23. The van der Waals surface area contributed by atoms with Crippen molar-refractivity contribution in [3.63, 3.8) is 0 Å². The number of anilines is 1. The van der Waals surface area contributed by atoms with E-state index in [-0.39, 0.29) is 4.90 Å². The zero-order chi connectivity index (χ0) is 15.3. The minimum atomic E-state index is -3.39. The second-order valence-corrected chi connectivity index (χ2v) is 7.65. The maximum absolute atomic E-state index is 11.9.